The van der Waals surface area contributed by atoms with Crippen LogP contribution in [0.15, 0.2) is 4.99 Å². The van der Waals surface area contributed by atoms with Gasteiger partial charge < -0.3 is 20.1 Å². The summed E-state index contributed by atoms with van der Waals surface area (Å²) < 4.78 is 11.2. The molecular weight excluding hydrogens is 419 g/mol. The van der Waals surface area contributed by atoms with E-state index in [0.29, 0.717) is 12.1 Å². The van der Waals surface area contributed by atoms with Gasteiger partial charge >= 0.3 is 0 Å². The van der Waals surface area contributed by atoms with Crippen LogP contribution in [0.1, 0.15) is 40.0 Å². The van der Waals surface area contributed by atoms with Crippen molar-refractivity contribution < 1.29 is 9.47 Å². The second-order valence-electron chi connectivity index (χ2n) is 6.01. The topological polar surface area (TPSA) is 58.1 Å². The van der Waals surface area contributed by atoms with Crippen molar-refractivity contribution >= 4 is 29.9 Å². The Morgan fingerprint density at radius 2 is 2.08 bits per heavy atom. The maximum Gasteiger partial charge on any atom is 0.191 e. The highest BCUT2D eigenvalue weighted by Gasteiger charge is 2.15. The summed E-state index contributed by atoms with van der Waals surface area (Å²) in [5, 5.41) is 6.73. The van der Waals surface area contributed by atoms with Crippen molar-refractivity contribution in [1.82, 2.24) is 15.5 Å². The summed E-state index contributed by atoms with van der Waals surface area (Å²) in [7, 11) is 1.81. The molecule has 0 amide bonds. The van der Waals surface area contributed by atoms with Gasteiger partial charge in [-0.05, 0) is 39.3 Å². The smallest absolute Gasteiger partial charge is 0.191 e. The Balaban J connectivity index is 0.00000529. The molecule has 1 rings (SSSR count). The van der Waals surface area contributed by atoms with Gasteiger partial charge in [-0.3, -0.25) is 9.89 Å². The van der Waals surface area contributed by atoms with Crippen LogP contribution in [0.2, 0.25) is 0 Å². The van der Waals surface area contributed by atoms with Crippen LogP contribution in [-0.4, -0.2) is 76.1 Å². The van der Waals surface area contributed by atoms with Crippen molar-refractivity contribution in [2.45, 2.75) is 52.2 Å². The standard InChI is InChI=1S/C17H36N4O2.HI/c1-5-21(6-2)15(3)13-20-17(18-4)19-10-8-11-22-14-16-9-7-12-23-16;/h15-16H,5-14H2,1-4H3,(H2,18,19,20);1H. The van der Waals surface area contributed by atoms with Gasteiger partial charge in [0.15, 0.2) is 5.96 Å². The molecule has 0 aliphatic carbocycles. The van der Waals surface area contributed by atoms with Crippen molar-refractivity contribution in [2.75, 3.05) is 53.0 Å². The van der Waals surface area contributed by atoms with Gasteiger partial charge in [-0.1, -0.05) is 13.8 Å². The number of halogens is 1. The lowest BCUT2D eigenvalue weighted by Crippen LogP contribution is -2.46. The van der Waals surface area contributed by atoms with Gasteiger partial charge in [0.2, 0.25) is 0 Å². The van der Waals surface area contributed by atoms with E-state index in [4.69, 9.17) is 9.47 Å². The Hall–Kier alpha value is -0.120. The molecule has 0 radical (unpaired) electrons. The van der Waals surface area contributed by atoms with Gasteiger partial charge in [0.25, 0.3) is 0 Å². The number of nitrogens with one attached hydrogen (secondary N) is 2. The number of guanidine groups is 1. The number of aliphatic imine (C=N–C) groups is 1. The van der Waals surface area contributed by atoms with Gasteiger partial charge in [0.1, 0.15) is 0 Å². The van der Waals surface area contributed by atoms with Gasteiger partial charge in [0, 0.05) is 39.4 Å². The molecule has 0 bridgehead atoms. The highest BCUT2D eigenvalue weighted by molar-refractivity contribution is 14.0. The van der Waals surface area contributed by atoms with E-state index < -0.39 is 0 Å². The van der Waals surface area contributed by atoms with E-state index in [-0.39, 0.29) is 24.0 Å². The molecule has 1 fully saturated rings. The van der Waals surface area contributed by atoms with Crippen LogP contribution in [0, 0.1) is 0 Å². The Morgan fingerprint density at radius 1 is 1.33 bits per heavy atom. The average molecular weight is 456 g/mol. The molecule has 0 aromatic heterocycles. The molecule has 6 nitrogen and oxygen atoms in total. The molecule has 7 heteroatoms. The van der Waals surface area contributed by atoms with E-state index in [2.05, 4.69) is 41.3 Å². The van der Waals surface area contributed by atoms with E-state index in [1.807, 2.05) is 7.05 Å². The maximum absolute atomic E-state index is 5.66. The lowest BCUT2D eigenvalue weighted by atomic mass is 10.2. The third-order valence-corrected chi connectivity index (χ3v) is 4.31. The molecule has 0 spiro atoms. The molecule has 1 aliphatic rings. The Kier molecular flexibility index (Phi) is 15.1. The Morgan fingerprint density at radius 3 is 2.67 bits per heavy atom. The summed E-state index contributed by atoms with van der Waals surface area (Å²) in [5.74, 6) is 0.864. The molecule has 0 aromatic carbocycles. The molecule has 2 atom stereocenters. The second-order valence-corrected chi connectivity index (χ2v) is 6.01. The molecular formula is C17H37IN4O2. The molecule has 24 heavy (non-hydrogen) atoms. The lowest BCUT2D eigenvalue weighted by molar-refractivity contribution is 0.0168. The molecule has 0 saturated carbocycles. The lowest BCUT2D eigenvalue weighted by Gasteiger charge is -2.27. The molecule has 1 aliphatic heterocycles. The first-order valence-electron chi connectivity index (χ1n) is 9.09. The summed E-state index contributed by atoms with van der Waals surface area (Å²) in [6, 6.07) is 0.498. The number of hydrogen-bond donors (Lipinski definition) is 2. The zero-order chi connectivity index (χ0) is 16.9. The number of rotatable bonds is 11. The highest BCUT2D eigenvalue weighted by atomic mass is 127. The van der Waals surface area contributed by atoms with Crippen molar-refractivity contribution in [3.05, 3.63) is 0 Å². The largest absolute Gasteiger partial charge is 0.379 e. The monoisotopic (exact) mass is 456 g/mol. The summed E-state index contributed by atoms with van der Waals surface area (Å²) >= 11 is 0. The summed E-state index contributed by atoms with van der Waals surface area (Å²) in [4.78, 5) is 6.70. The van der Waals surface area contributed by atoms with Gasteiger partial charge in [0.05, 0.1) is 12.7 Å². The molecule has 0 aromatic rings. The van der Waals surface area contributed by atoms with E-state index >= 15 is 0 Å². The number of nitrogens with zero attached hydrogens (tertiary/aromatic N) is 2. The van der Waals surface area contributed by atoms with Crippen molar-refractivity contribution in [3.63, 3.8) is 0 Å². The average Bonchev–Trinajstić information content (AvgIpc) is 3.08. The fraction of sp³-hybridized carbons (Fsp3) is 0.941. The SMILES string of the molecule is CCN(CC)C(C)CNC(=NC)NCCCOCC1CCCO1.I. The number of hydrogen-bond acceptors (Lipinski definition) is 4. The van der Waals surface area contributed by atoms with Crippen LogP contribution in [0.4, 0.5) is 0 Å². The Labute approximate surface area is 165 Å². The minimum absolute atomic E-state index is 0. The fourth-order valence-electron chi connectivity index (χ4n) is 2.81. The number of ether oxygens (including phenoxy) is 2. The van der Waals surface area contributed by atoms with Crippen LogP contribution >= 0.6 is 24.0 Å². The predicted octanol–water partition coefficient (Wildman–Crippen LogP) is 2.09. The predicted molar refractivity (Wildman–Crippen MR) is 112 cm³/mol. The van der Waals surface area contributed by atoms with E-state index in [1.165, 1.54) is 6.42 Å². The Bertz CT molecular complexity index is 322. The second kappa shape index (κ2) is 15.2. The van der Waals surface area contributed by atoms with E-state index in [9.17, 15) is 0 Å². The first kappa shape index (κ1) is 23.9. The summed E-state index contributed by atoms with van der Waals surface area (Å²) in [6.07, 6.45) is 3.60. The first-order valence-corrected chi connectivity index (χ1v) is 9.09. The van der Waals surface area contributed by atoms with Crippen LogP contribution in [0.3, 0.4) is 0 Å². The van der Waals surface area contributed by atoms with Crippen molar-refractivity contribution in [2.24, 2.45) is 4.99 Å². The van der Waals surface area contributed by atoms with Gasteiger partial charge in [-0.15, -0.1) is 24.0 Å². The third-order valence-electron chi connectivity index (χ3n) is 4.31. The van der Waals surface area contributed by atoms with Crippen LogP contribution in [0.5, 0.6) is 0 Å². The van der Waals surface area contributed by atoms with Gasteiger partial charge in [-0.2, -0.15) is 0 Å². The van der Waals surface area contributed by atoms with Crippen LogP contribution in [0.25, 0.3) is 0 Å². The number of likely N-dealkylation sites (N-methyl/N-ethyl adjacent to an activating group) is 1. The van der Waals surface area contributed by atoms with Crippen LogP contribution < -0.4 is 10.6 Å². The molecule has 144 valence electrons. The minimum Gasteiger partial charge on any atom is -0.379 e. The zero-order valence-corrected chi connectivity index (χ0v) is 18.2. The van der Waals surface area contributed by atoms with E-state index in [0.717, 1.165) is 64.8 Å². The normalized spacial score (nSPS) is 19.2. The zero-order valence-electron chi connectivity index (χ0n) is 15.8. The molecule has 1 saturated heterocycles. The maximum atomic E-state index is 5.66. The summed E-state index contributed by atoms with van der Waals surface area (Å²) in [5.41, 5.74) is 0. The fourth-order valence-corrected chi connectivity index (χ4v) is 2.81. The third kappa shape index (κ3) is 10.0. The quantitative estimate of drug-likeness (QED) is 0.216. The van der Waals surface area contributed by atoms with Crippen molar-refractivity contribution in [1.29, 1.82) is 0 Å². The van der Waals surface area contributed by atoms with Crippen LogP contribution in [-0.2, 0) is 9.47 Å². The van der Waals surface area contributed by atoms with E-state index in [1.54, 1.807) is 0 Å². The first-order chi connectivity index (χ1) is 11.2. The molecule has 2 unspecified atom stereocenters. The van der Waals surface area contributed by atoms with Gasteiger partial charge in [-0.25, -0.2) is 0 Å². The minimum atomic E-state index is 0. The van der Waals surface area contributed by atoms with Crippen molar-refractivity contribution in [3.8, 4) is 0 Å². The molecule has 2 N–H and O–H groups in total. The molecule has 1 heterocycles. The summed E-state index contributed by atoms with van der Waals surface area (Å²) in [6.45, 7) is 12.9. The highest BCUT2D eigenvalue weighted by Crippen LogP contribution is 2.11.